The van der Waals surface area contributed by atoms with Crippen LogP contribution in [0.1, 0.15) is 6.42 Å². The molecular formula is C6H13N3. The van der Waals surface area contributed by atoms with Crippen LogP contribution in [0.4, 0.5) is 0 Å². The lowest BCUT2D eigenvalue weighted by Gasteiger charge is -2.24. The van der Waals surface area contributed by atoms with Crippen molar-refractivity contribution in [1.82, 2.24) is 16.2 Å². The molecule has 3 heteroatoms. The van der Waals surface area contributed by atoms with Crippen LogP contribution in [0.15, 0.2) is 0 Å². The lowest BCUT2D eigenvalue weighted by molar-refractivity contribution is 0.352. The maximum absolute atomic E-state index is 3.38. The SMILES string of the molecule is C1CC2NNCC2CN1. The van der Waals surface area contributed by atoms with Gasteiger partial charge >= 0.3 is 0 Å². The fraction of sp³-hybridized carbons (Fsp3) is 1.00. The van der Waals surface area contributed by atoms with Crippen molar-refractivity contribution in [2.75, 3.05) is 19.6 Å². The van der Waals surface area contributed by atoms with Crippen molar-refractivity contribution in [2.45, 2.75) is 12.5 Å². The number of piperidine rings is 1. The molecule has 0 saturated carbocycles. The first-order valence-corrected chi connectivity index (χ1v) is 3.66. The first-order valence-electron chi connectivity index (χ1n) is 3.66. The molecule has 0 amide bonds. The maximum Gasteiger partial charge on any atom is 0.0278 e. The van der Waals surface area contributed by atoms with Gasteiger partial charge in [-0.2, -0.15) is 0 Å². The van der Waals surface area contributed by atoms with Gasteiger partial charge in [0.25, 0.3) is 0 Å². The Labute approximate surface area is 55.2 Å². The Balaban J connectivity index is 1.97. The Morgan fingerprint density at radius 3 is 3.11 bits per heavy atom. The standard InChI is InChI=1S/C6H13N3/c1-2-7-3-5-4-8-9-6(1)5/h5-9H,1-4H2. The van der Waals surface area contributed by atoms with E-state index in [9.17, 15) is 0 Å². The molecule has 2 fully saturated rings. The summed E-state index contributed by atoms with van der Waals surface area (Å²) in [7, 11) is 0. The molecule has 52 valence electrons. The normalized spacial score (nSPS) is 42.7. The van der Waals surface area contributed by atoms with Crippen molar-refractivity contribution < 1.29 is 0 Å². The van der Waals surface area contributed by atoms with Crippen LogP contribution in [0.2, 0.25) is 0 Å². The van der Waals surface area contributed by atoms with E-state index >= 15 is 0 Å². The van der Waals surface area contributed by atoms with E-state index in [-0.39, 0.29) is 0 Å². The summed E-state index contributed by atoms with van der Waals surface area (Å²) in [4.78, 5) is 0. The Bertz CT molecular complexity index is 92.5. The number of nitrogens with one attached hydrogen (secondary N) is 3. The van der Waals surface area contributed by atoms with Crippen molar-refractivity contribution in [3.63, 3.8) is 0 Å². The Morgan fingerprint density at radius 1 is 1.22 bits per heavy atom. The van der Waals surface area contributed by atoms with Gasteiger partial charge in [0.15, 0.2) is 0 Å². The molecule has 2 heterocycles. The van der Waals surface area contributed by atoms with E-state index in [1.54, 1.807) is 0 Å². The molecule has 0 spiro atoms. The van der Waals surface area contributed by atoms with E-state index in [0.717, 1.165) is 18.5 Å². The van der Waals surface area contributed by atoms with Gasteiger partial charge in [-0.05, 0) is 13.0 Å². The molecule has 2 aliphatic heterocycles. The second-order valence-corrected chi connectivity index (χ2v) is 2.88. The monoisotopic (exact) mass is 127 g/mol. The molecule has 9 heavy (non-hydrogen) atoms. The molecule has 0 aromatic heterocycles. The smallest absolute Gasteiger partial charge is 0.0278 e. The highest BCUT2D eigenvalue weighted by Gasteiger charge is 2.28. The molecule has 2 atom stereocenters. The van der Waals surface area contributed by atoms with Gasteiger partial charge < -0.3 is 5.32 Å². The second-order valence-electron chi connectivity index (χ2n) is 2.88. The summed E-state index contributed by atoms with van der Waals surface area (Å²) >= 11 is 0. The van der Waals surface area contributed by atoms with Crippen LogP contribution in [0.25, 0.3) is 0 Å². The highest BCUT2D eigenvalue weighted by Crippen LogP contribution is 2.12. The average Bonchev–Trinajstić information content (AvgIpc) is 2.33. The predicted molar refractivity (Wildman–Crippen MR) is 35.9 cm³/mol. The van der Waals surface area contributed by atoms with Gasteiger partial charge in [-0.15, -0.1) is 0 Å². The predicted octanol–water partition coefficient (Wildman–Crippen LogP) is -0.928. The lowest BCUT2D eigenvalue weighted by atomic mass is 9.96. The van der Waals surface area contributed by atoms with Crippen LogP contribution in [0, 0.1) is 5.92 Å². The highest BCUT2D eigenvalue weighted by atomic mass is 15.4. The van der Waals surface area contributed by atoms with Crippen molar-refractivity contribution >= 4 is 0 Å². The molecule has 2 unspecified atom stereocenters. The molecule has 2 rings (SSSR count). The van der Waals surface area contributed by atoms with Crippen molar-refractivity contribution in [3.8, 4) is 0 Å². The Morgan fingerprint density at radius 2 is 2.22 bits per heavy atom. The van der Waals surface area contributed by atoms with Gasteiger partial charge in [0.1, 0.15) is 0 Å². The van der Waals surface area contributed by atoms with E-state index in [0.29, 0.717) is 0 Å². The van der Waals surface area contributed by atoms with Gasteiger partial charge in [0.2, 0.25) is 0 Å². The van der Waals surface area contributed by atoms with E-state index in [1.807, 2.05) is 0 Å². The summed E-state index contributed by atoms with van der Waals surface area (Å²) in [5, 5.41) is 3.38. The molecule has 3 N–H and O–H groups in total. The van der Waals surface area contributed by atoms with E-state index < -0.39 is 0 Å². The van der Waals surface area contributed by atoms with Crippen molar-refractivity contribution in [1.29, 1.82) is 0 Å². The molecule has 0 bridgehead atoms. The molecule has 0 radical (unpaired) electrons. The van der Waals surface area contributed by atoms with Gasteiger partial charge in [-0.25, -0.2) is 0 Å². The largest absolute Gasteiger partial charge is 0.316 e. The lowest BCUT2D eigenvalue weighted by Crippen LogP contribution is -2.42. The second kappa shape index (κ2) is 2.25. The molecule has 0 aromatic carbocycles. The van der Waals surface area contributed by atoms with Gasteiger partial charge in [-0.3, -0.25) is 10.9 Å². The minimum absolute atomic E-state index is 0.742. The zero-order chi connectivity index (χ0) is 6.10. The quantitative estimate of drug-likeness (QED) is 0.393. The van der Waals surface area contributed by atoms with Crippen LogP contribution in [0.5, 0.6) is 0 Å². The van der Waals surface area contributed by atoms with Crippen LogP contribution in [-0.2, 0) is 0 Å². The minimum atomic E-state index is 0.742. The summed E-state index contributed by atoms with van der Waals surface area (Å²) in [6, 6.07) is 0.742. The zero-order valence-electron chi connectivity index (χ0n) is 5.48. The number of fused-ring (bicyclic) bond motifs is 1. The van der Waals surface area contributed by atoms with Crippen LogP contribution >= 0.6 is 0 Å². The van der Waals surface area contributed by atoms with Crippen molar-refractivity contribution in [3.05, 3.63) is 0 Å². The molecule has 0 aliphatic carbocycles. The molecule has 2 saturated heterocycles. The van der Waals surface area contributed by atoms with E-state index in [2.05, 4.69) is 16.2 Å². The average molecular weight is 127 g/mol. The highest BCUT2D eigenvalue weighted by molar-refractivity contribution is 4.87. The zero-order valence-corrected chi connectivity index (χ0v) is 5.48. The summed E-state index contributed by atoms with van der Waals surface area (Å²) in [5.74, 6) is 0.832. The first kappa shape index (κ1) is 5.65. The summed E-state index contributed by atoms with van der Waals surface area (Å²) in [6.45, 7) is 3.50. The minimum Gasteiger partial charge on any atom is -0.316 e. The van der Waals surface area contributed by atoms with Gasteiger partial charge in [-0.1, -0.05) is 0 Å². The Kier molecular flexibility index (Phi) is 1.41. The van der Waals surface area contributed by atoms with Crippen LogP contribution in [-0.4, -0.2) is 25.7 Å². The molecule has 0 aromatic rings. The third kappa shape index (κ3) is 0.956. The summed E-state index contributed by atoms with van der Waals surface area (Å²) in [5.41, 5.74) is 6.44. The topological polar surface area (TPSA) is 36.1 Å². The van der Waals surface area contributed by atoms with Crippen LogP contribution in [0.3, 0.4) is 0 Å². The number of hydrazine groups is 1. The maximum atomic E-state index is 3.38. The molecule has 2 aliphatic rings. The van der Waals surface area contributed by atoms with E-state index in [4.69, 9.17) is 0 Å². The number of rotatable bonds is 0. The fourth-order valence-electron chi connectivity index (χ4n) is 1.65. The Hall–Kier alpha value is -0.120. The van der Waals surface area contributed by atoms with Gasteiger partial charge in [0, 0.05) is 25.0 Å². The molecular weight excluding hydrogens is 114 g/mol. The third-order valence-corrected chi connectivity index (χ3v) is 2.26. The fourth-order valence-corrected chi connectivity index (χ4v) is 1.65. The first-order chi connectivity index (χ1) is 4.47. The number of hydrogen-bond acceptors (Lipinski definition) is 3. The van der Waals surface area contributed by atoms with Crippen molar-refractivity contribution in [2.24, 2.45) is 5.92 Å². The summed E-state index contributed by atoms with van der Waals surface area (Å²) in [6.07, 6.45) is 1.28. The van der Waals surface area contributed by atoms with Crippen LogP contribution < -0.4 is 16.2 Å². The van der Waals surface area contributed by atoms with Gasteiger partial charge in [0.05, 0.1) is 0 Å². The molecule has 3 nitrogen and oxygen atoms in total. The third-order valence-electron chi connectivity index (χ3n) is 2.26. The van der Waals surface area contributed by atoms with E-state index in [1.165, 1.54) is 19.5 Å². The number of hydrogen-bond donors (Lipinski definition) is 3. The summed E-state index contributed by atoms with van der Waals surface area (Å²) < 4.78 is 0.